The number of rotatable bonds is 5. The molecular weight excluding hydrogens is 202 g/mol. The van der Waals surface area contributed by atoms with Crippen LogP contribution in [0.15, 0.2) is 0 Å². The minimum atomic E-state index is -0.0545. The summed E-state index contributed by atoms with van der Waals surface area (Å²) < 4.78 is 5.03. The van der Waals surface area contributed by atoms with Crippen molar-refractivity contribution in [1.82, 2.24) is 4.90 Å². The summed E-state index contributed by atoms with van der Waals surface area (Å²) in [4.78, 5) is 13.9. The van der Waals surface area contributed by atoms with Crippen LogP contribution in [0.2, 0.25) is 0 Å². The summed E-state index contributed by atoms with van der Waals surface area (Å²) in [6.45, 7) is 9.71. The maximum absolute atomic E-state index is 11.5. The fraction of sp³-hybridized carbons (Fsp3) is 0.923. The van der Waals surface area contributed by atoms with E-state index in [4.69, 9.17) is 4.74 Å². The number of nitrogens with zero attached hydrogens (tertiary/aromatic N) is 1. The summed E-state index contributed by atoms with van der Waals surface area (Å²) in [7, 11) is 0. The van der Waals surface area contributed by atoms with Gasteiger partial charge in [-0.3, -0.25) is 4.79 Å². The van der Waals surface area contributed by atoms with Gasteiger partial charge in [0.2, 0.25) is 0 Å². The van der Waals surface area contributed by atoms with E-state index in [0.29, 0.717) is 6.61 Å². The van der Waals surface area contributed by atoms with Crippen molar-refractivity contribution in [1.29, 1.82) is 0 Å². The highest BCUT2D eigenvalue weighted by atomic mass is 16.5. The highest BCUT2D eigenvalue weighted by Gasteiger charge is 2.23. The van der Waals surface area contributed by atoms with Crippen molar-refractivity contribution in [2.45, 2.75) is 40.0 Å². The Morgan fingerprint density at radius 3 is 2.88 bits per heavy atom. The largest absolute Gasteiger partial charge is 0.466 e. The zero-order valence-electron chi connectivity index (χ0n) is 10.9. The first-order chi connectivity index (χ1) is 7.67. The van der Waals surface area contributed by atoms with Crippen LogP contribution in [0, 0.1) is 11.8 Å². The van der Waals surface area contributed by atoms with E-state index in [-0.39, 0.29) is 11.9 Å². The third kappa shape index (κ3) is 4.12. The van der Waals surface area contributed by atoms with Gasteiger partial charge in [0, 0.05) is 13.1 Å². The Morgan fingerprint density at radius 2 is 2.25 bits per heavy atom. The number of carbonyl (C=O) groups is 1. The van der Waals surface area contributed by atoms with Gasteiger partial charge in [-0.15, -0.1) is 0 Å². The van der Waals surface area contributed by atoms with E-state index in [0.717, 1.165) is 25.6 Å². The first kappa shape index (κ1) is 13.5. The molecule has 2 unspecified atom stereocenters. The molecule has 0 aromatic heterocycles. The molecule has 3 heteroatoms. The molecule has 0 spiro atoms. The molecule has 1 aliphatic heterocycles. The first-order valence-electron chi connectivity index (χ1n) is 6.56. The summed E-state index contributed by atoms with van der Waals surface area (Å²) in [5.74, 6) is 0.778. The molecule has 1 saturated heterocycles. The smallest absolute Gasteiger partial charge is 0.309 e. The lowest BCUT2D eigenvalue weighted by molar-refractivity contribution is -0.148. The Balaban J connectivity index is 2.32. The van der Waals surface area contributed by atoms with Crippen molar-refractivity contribution in [3.63, 3.8) is 0 Å². The van der Waals surface area contributed by atoms with Crippen molar-refractivity contribution in [3.8, 4) is 0 Å². The molecule has 3 nitrogen and oxygen atoms in total. The number of hydrogen-bond donors (Lipinski definition) is 0. The zero-order chi connectivity index (χ0) is 12.0. The lowest BCUT2D eigenvalue weighted by atomic mass is 9.95. The predicted molar refractivity (Wildman–Crippen MR) is 65.3 cm³/mol. The number of hydrogen-bond acceptors (Lipinski definition) is 3. The lowest BCUT2D eigenvalue weighted by Gasteiger charge is -2.33. The Morgan fingerprint density at radius 1 is 1.50 bits per heavy atom. The average Bonchev–Trinajstić information content (AvgIpc) is 2.29. The molecule has 1 fully saturated rings. The van der Waals surface area contributed by atoms with E-state index in [1.54, 1.807) is 0 Å². The quantitative estimate of drug-likeness (QED) is 0.675. The predicted octanol–water partition coefficient (Wildman–Crippen LogP) is 2.31. The second kappa shape index (κ2) is 6.89. The molecule has 0 aromatic rings. The Kier molecular flexibility index (Phi) is 5.81. The van der Waals surface area contributed by atoms with E-state index in [1.165, 1.54) is 19.3 Å². The van der Waals surface area contributed by atoms with Crippen LogP contribution in [0.4, 0.5) is 0 Å². The number of likely N-dealkylation sites (tertiary alicyclic amines) is 1. The van der Waals surface area contributed by atoms with E-state index in [1.807, 2.05) is 13.8 Å². The average molecular weight is 227 g/mol. The Labute approximate surface area is 99.1 Å². The van der Waals surface area contributed by atoms with Crippen LogP contribution in [0.3, 0.4) is 0 Å². The number of piperidine rings is 1. The fourth-order valence-corrected chi connectivity index (χ4v) is 2.40. The second-order valence-corrected chi connectivity index (χ2v) is 4.83. The standard InChI is InChI=1S/C13H25NO2/c1-4-12-7-6-8-14(10-12)9-11(3)13(15)16-5-2/h11-12H,4-10H2,1-3H3. The van der Waals surface area contributed by atoms with E-state index in [2.05, 4.69) is 11.8 Å². The van der Waals surface area contributed by atoms with Crippen molar-refractivity contribution in [2.24, 2.45) is 11.8 Å². The molecule has 0 aliphatic carbocycles. The van der Waals surface area contributed by atoms with Gasteiger partial charge in [-0.25, -0.2) is 0 Å². The SMILES string of the molecule is CCOC(=O)C(C)CN1CCCC(CC)C1. The van der Waals surface area contributed by atoms with Gasteiger partial charge in [0.25, 0.3) is 0 Å². The van der Waals surface area contributed by atoms with Crippen LogP contribution in [-0.2, 0) is 9.53 Å². The maximum atomic E-state index is 11.5. The number of ether oxygens (including phenoxy) is 1. The van der Waals surface area contributed by atoms with Gasteiger partial charge in [0.05, 0.1) is 12.5 Å². The van der Waals surface area contributed by atoms with Crippen molar-refractivity contribution < 1.29 is 9.53 Å². The summed E-state index contributed by atoms with van der Waals surface area (Å²) >= 11 is 0. The molecule has 1 heterocycles. The molecule has 94 valence electrons. The summed E-state index contributed by atoms with van der Waals surface area (Å²) in [5.41, 5.74) is 0. The van der Waals surface area contributed by atoms with Crippen molar-refractivity contribution >= 4 is 5.97 Å². The minimum Gasteiger partial charge on any atom is -0.466 e. The van der Waals surface area contributed by atoms with Gasteiger partial charge in [0.1, 0.15) is 0 Å². The monoisotopic (exact) mass is 227 g/mol. The van der Waals surface area contributed by atoms with Crippen LogP contribution < -0.4 is 0 Å². The van der Waals surface area contributed by atoms with Gasteiger partial charge in [0.15, 0.2) is 0 Å². The van der Waals surface area contributed by atoms with Crippen LogP contribution in [0.5, 0.6) is 0 Å². The highest BCUT2D eigenvalue weighted by molar-refractivity contribution is 5.72. The molecule has 2 atom stereocenters. The van der Waals surface area contributed by atoms with Gasteiger partial charge in [-0.1, -0.05) is 20.3 Å². The molecule has 0 saturated carbocycles. The lowest BCUT2D eigenvalue weighted by Crippen LogP contribution is -2.39. The molecule has 0 amide bonds. The first-order valence-corrected chi connectivity index (χ1v) is 6.56. The maximum Gasteiger partial charge on any atom is 0.309 e. The van der Waals surface area contributed by atoms with Gasteiger partial charge in [-0.05, 0) is 32.2 Å². The van der Waals surface area contributed by atoms with Crippen LogP contribution in [0.25, 0.3) is 0 Å². The van der Waals surface area contributed by atoms with E-state index in [9.17, 15) is 4.79 Å². The topological polar surface area (TPSA) is 29.5 Å². The molecular formula is C13H25NO2. The van der Waals surface area contributed by atoms with Crippen molar-refractivity contribution in [2.75, 3.05) is 26.2 Å². The molecule has 1 aliphatic rings. The summed E-state index contributed by atoms with van der Waals surface area (Å²) in [6, 6.07) is 0. The number of esters is 1. The van der Waals surface area contributed by atoms with E-state index >= 15 is 0 Å². The summed E-state index contributed by atoms with van der Waals surface area (Å²) in [6.07, 6.45) is 3.87. The highest BCUT2D eigenvalue weighted by Crippen LogP contribution is 2.20. The fourth-order valence-electron chi connectivity index (χ4n) is 2.40. The Hall–Kier alpha value is -0.570. The van der Waals surface area contributed by atoms with Crippen LogP contribution in [-0.4, -0.2) is 37.1 Å². The third-order valence-electron chi connectivity index (χ3n) is 3.40. The van der Waals surface area contributed by atoms with E-state index < -0.39 is 0 Å². The second-order valence-electron chi connectivity index (χ2n) is 4.83. The van der Waals surface area contributed by atoms with Crippen LogP contribution >= 0.6 is 0 Å². The molecule has 0 aromatic carbocycles. The Bertz CT molecular complexity index is 218. The van der Waals surface area contributed by atoms with Crippen molar-refractivity contribution in [3.05, 3.63) is 0 Å². The molecule has 16 heavy (non-hydrogen) atoms. The van der Waals surface area contributed by atoms with Gasteiger partial charge >= 0.3 is 5.97 Å². The molecule has 0 radical (unpaired) electrons. The zero-order valence-corrected chi connectivity index (χ0v) is 10.9. The molecule has 0 bridgehead atoms. The van der Waals surface area contributed by atoms with Gasteiger partial charge < -0.3 is 9.64 Å². The molecule has 1 rings (SSSR count). The van der Waals surface area contributed by atoms with Gasteiger partial charge in [-0.2, -0.15) is 0 Å². The normalized spacial score (nSPS) is 24.1. The number of carbonyl (C=O) groups excluding carboxylic acids is 1. The molecule has 0 N–H and O–H groups in total. The summed E-state index contributed by atoms with van der Waals surface area (Å²) in [5, 5.41) is 0. The third-order valence-corrected chi connectivity index (χ3v) is 3.40. The van der Waals surface area contributed by atoms with Crippen LogP contribution in [0.1, 0.15) is 40.0 Å². The minimum absolute atomic E-state index is 0.00977.